The van der Waals surface area contributed by atoms with Crippen LogP contribution < -0.4 is 10.6 Å². The highest BCUT2D eigenvalue weighted by atomic mass is 19.1. The molecule has 0 fully saturated rings. The highest BCUT2D eigenvalue weighted by Crippen LogP contribution is 2.32. The van der Waals surface area contributed by atoms with E-state index in [2.05, 4.69) is 4.98 Å². The molecule has 3 aromatic rings. The van der Waals surface area contributed by atoms with E-state index in [0.29, 0.717) is 16.0 Å². The minimum Gasteiger partial charge on any atom is -0.392 e. The third kappa shape index (κ3) is 3.61. The lowest BCUT2D eigenvalue weighted by Gasteiger charge is -2.22. The molecule has 3 N–H and O–H groups in total. The minimum absolute atomic E-state index is 0.150. The molecule has 0 aliphatic carbocycles. The van der Waals surface area contributed by atoms with Crippen LogP contribution in [0, 0.1) is 17.5 Å². The third-order valence-corrected chi connectivity index (χ3v) is 3.86. The van der Waals surface area contributed by atoms with Gasteiger partial charge in [0.1, 0.15) is 29.0 Å². The van der Waals surface area contributed by atoms with Crippen LogP contribution in [0.4, 0.5) is 29.5 Å². The Hall–Kier alpha value is -3.39. The van der Waals surface area contributed by atoms with Crippen LogP contribution in [0.15, 0.2) is 54.6 Å². The van der Waals surface area contributed by atoms with Gasteiger partial charge >= 0.3 is 6.03 Å². The molecule has 0 bridgehead atoms. The number of nitrogens with zero attached hydrogens (tertiary/aromatic N) is 2. The van der Waals surface area contributed by atoms with Gasteiger partial charge in [-0.15, -0.1) is 0 Å². The molecule has 5 nitrogen and oxygen atoms in total. The van der Waals surface area contributed by atoms with Crippen molar-refractivity contribution in [1.82, 2.24) is 4.98 Å². The molecule has 0 aliphatic heterocycles. The predicted octanol–water partition coefficient (Wildman–Crippen LogP) is 3.88. The summed E-state index contributed by atoms with van der Waals surface area (Å²) in [6.07, 6.45) is 0. The average molecular weight is 373 g/mol. The number of hydrogen-bond donors (Lipinski definition) is 2. The second-order valence-corrected chi connectivity index (χ2v) is 5.59. The van der Waals surface area contributed by atoms with E-state index in [0.717, 1.165) is 18.2 Å². The second kappa shape index (κ2) is 7.46. The first-order chi connectivity index (χ1) is 12.9. The number of primary amides is 1. The molecule has 2 amide bonds. The van der Waals surface area contributed by atoms with E-state index in [1.807, 2.05) is 0 Å². The number of rotatable bonds is 4. The van der Waals surface area contributed by atoms with Crippen LogP contribution in [0.3, 0.4) is 0 Å². The SMILES string of the molecule is NC(=O)N(c1ccc(CO)c(-c2ccc(F)cc2)n1)c1c(F)cccc1F. The first-order valence-electron chi connectivity index (χ1n) is 7.82. The Labute approximate surface area is 152 Å². The van der Waals surface area contributed by atoms with Gasteiger partial charge in [0.05, 0.1) is 12.3 Å². The topological polar surface area (TPSA) is 79.5 Å². The molecular formula is C19H14F3N3O2. The number of aliphatic hydroxyl groups is 1. The van der Waals surface area contributed by atoms with Crippen molar-refractivity contribution in [3.8, 4) is 11.3 Å². The van der Waals surface area contributed by atoms with E-state index in [4.69, 9.17) is 5.73 Å². The lowest BCUT2D eigenvalue weighted by Crippen LogP contribution is -2.33. The first kappa shape index (κ1) is 18.4. The molecular weight excluding hydrogens is 359 g/mol. The van der Waals surface area contributed by atoms with Crippen LogP contribution in [0.25, 0.3) is 11.3 Å². The number of nitrogens with two attached hydrogens (primary N) is 1. The molecule has 0 atom stereocenters. The Morgan fingerprint density at radius 1 is 1.00 bits per heavy atom. The lowest BCUT2D eigenvalue weighted by atomic mass is 10.1. The van der Waals surface area contributed by atoms with Gasteiger partial charge in [-0.05, 0) is 42.5 Å². The zero-order valence-corrected chi connectivity index (χ0v) is 13.9. The minimum atomic E-state index is -1.15. The summed E-state index contributed by atoms with van der Waals surface area (Å²) in [6.45, 7) is -0.384. The van der Waals surface area contributed by atoms with Crippen molar-refractivity contribution in [2.75, 3.05) is 4.90 Å². The summed E-state index contributed by atoms with van der Waals surface area (Å²) in [4.78, 5) is 16.8. The van der Waals surface area contributed by atoms with Crippen LogP contribution in [-0.2, 0) is 6.61 Å². The molecule has 3 rings (SSSR count). The number of halogens is 3. The quantitative estimate of drug-likeness (QED) is 0.729. The number of pyridine rings is 1. The van der Waals surface area contributed by atoms with E-state index < -0.39 is 29.2 Å². The van der Waals surface area contributed by atoms with Gasteiger partial charge in [0.15, 0.2) is 0 Å². The fourth-order valence-electron chi connectivity index (χ4n) is 2.63. The second-order valence-electron chi connectivity index (χ2n) is 5.59. The number of urea groups is 1. The maximum atomic E-state index is 14.2. The molecule has 1 aromatic heterocycles. The summed E-state index contributed by atoms with van der Waals surface area (Å²) in [5, 5.41) is 9.54. The van der Waals surface area contributed by atoms with Crippen molar-refractivity contribution >= 4 is 17.5 Å². The number of amides is 2. The molecule has 0 unspecified atom stereocenters. The Kier molecular flexibility index (Phi) is 5.09. The molecule has 27 heavy (non-hydrogen) atoms. The number of aromatic nitrogens is 1. The van der Waals surface area contributed by atoms with Crippen LogP contribution in [0.5, 0.6) is 0 Å². The van der Waals surface area contributed by atoms with Crippen molar-refractivity contribution in [1.29, 1.82) is 0 Å². The van der Waals surface area contributed by atoms with Crippen molar-refractivity contribution in [2.45, 2.75) is 6.61 Å². The number of para-hydroxylation sites is 1. The van der Waals surface area contributed by atoms with Crippen LogP contribution in [0.2, 0.25) is 0 Å². The summed E-state index contributed by atoms with van der Waals surface area (Å²) < 4.78 is 41.5. The van der Waals surface area contributed by atoms with Gasteiger partial charge < -0.3 is 10.8 Å². The predicted molar refractivity (Wildman–Crippen MR) is 93.6 cm³/mol. The number of carbonyl (C=O) groups excluding carboxylic acids is 1. The summed E-state index contributed by atoms with van der Waals surface area (Å²) in [5.74, 6) is -2.61. The smallest absolute Gasteiger partial charge is 0.325 e. The van der Waals surface area contributed by atoms with Crippen LogP contribution in [0.1, 0.15) is 5.56 Å². The standard InChI is InChI=1S/C19H14F3N3O2/c20-13-7-4-11(5-8-13)17-12(10-26)6-9-16(24-17)25(19(23)27)18-14(21)2-1-3-15(18)22/h1-9,26H,10H2,(H2,23,27). The Balaban J connectivity index is 2.19. The zero-order chi connectivity index (χ0) is 19.6. The molecule has 0 aliphatic rings. The summed E-state index contributed by atoms with van der Waals surface area (Å²) in [7, 11) is 0. The van der Waals surface area contributed by atoms with Crippen molar-refractivity contribution in [3.05, 3.63) is 77.6 Å². The van der Waals surface area contributed by atoms with E-state index in [9.17, 15) is 23.1 Å². The highest BCUT2D eigenvalue weighted by molar-refractivity contribution is 5.98. The average Bonchev–Trinajstić information content (AvgIpc) is 2.65. The van der Waals surface area contributed by atoms with E-state index in [1.165, 1.54) is 36.4 Å². The molecule has 0 spiro atoms. The molecule has 0 saturated heterocycles. The number of hydrogen-bond acceptors (Lipinski definition) is 3. The van der Waals surface area contributed by atoms with Gasteiger partial charge in [-0.1, -0.05) is 12.1 Å². The summed E-state index contributed by atoms with van der Waals surface area (Å²) in [6, 6.07) is 9.98. The number of anilines is 2. The molecule has 8 heteroatoms. The molecule has 138 valence electrons. The maximum Gasteiger partial charge on any atom is 0.325 e. The summed E-state index contributed by atoms with van der Waals surface area (Å²) in [5.41, 5.74) is 5.71. The number of aliphatic hydroxyl groups excluding tert-OH is 1. The van der Waals surface area contributed by atoms with Gasteiger partial charge in [-0.25, -0.2) is 27.8 Å². The first-order valence-corrected chi connectivity index (χ1v) is 7.82. The molecule has 0 saturated carbocycles. The van der Waals surface area contributed by atoms with Gasteiger partial charge in [0, 0.05) is 11.1 Å². The van der Waals surface area contributed by atoms with Crippen molar-refractivity contribution in [3.63, 3.8) is 0 Å². The fraction of sp³-hybridized carbons (Fsp3) is 0.0526. The third-order valence-electron chi connectivity index (χ3n) is 3.86. The van der Waals surface area contributed by atoms with E-state index in [-0.39, 0.29) is 18.1 Å². The van der Waals surface area contributed by atoms with Gasteiger partial charge in [-0.3, -0.25) is 0 Å². The summed E-state index contributed by atoms with van der Waals surface area (Å²) >= 11 is 0. The normalized spacial score (nSPS) is 10.7. The van der Waals surface area contributed by atoms with Crippen molar-refractivity contribution in [2.24, 2.45) is 5.73 Å². The number of carbonyl (C=O) groups is 1. The lowest BCUT2D eigenvalue weighted by molar-refractivity contribution is 0.255. The Morgan fingerprint density at radius 3 is 2.19 bits per heavy atom. The number of benzene rings is 2. The zero-order valence-electron chi connectivity index (χ0n) is 13.9. The van der Waals surface area contributed by atoms with Crippen molar-refractivity contribution < 1.29 is 23.1 Å². The van der Waals surface area contributed by atoms with Crippen LogP contribution >= 0.6 is 0 Å². The van der Waals surface area contributed by atoms with E-state index in [1.54, 1.807) is 0 Å². The largest absolute Gasteiger partial charge is 0.392 e. The maximum absolute atomic E-state index is 14.2. The monoisotopic (exact) mass is 373 g/mol. The van der Waals surface area contributed by atoms with Gasteiger partial charge in [0.25, 0.3) is 0 Å². The fourth-order valence-corrected chi connectivity index (χ4v) is 2.63. The molecule has 1 heterocycles. The van der Waals surface area contributed by atoms with E-state index >= 15 is 0 Å². The highest BCUT2D eigenvalue weighted by Gasteiger charge is 2.24. The van der Waals surface area contributed by atoms with Gasteiger partial charge in [-0.2, -0.15) is 0 Å². The Morgan fingerprint density at radius 2 is 1.63 bits per heavy atom. The van der Waals surface area contributed by atoms with Crippen LogP contribution in [-0.4, -0.2) is 16.1 Å². The molecule has 0 radical (unpaired) electrons. The Bertz CT molecular complexity index is 974. The van der Waals surface area contributed by atoms with Gasteiger partial charge in [0.2, 0.25) is 0 Å². The molecule has 2 aromatic carbocycles.